The Bertz CT molecular complexity index is 1280. The summed E-state index contributed by atoms with van der Waals surface area (Å²) < 4.78 is 13.7. The average molecular weight is 508 g/mol. The molecular formula is C27H33N5O3S. The smallest absolute Gasteiger partial charge is 0.255 e. The van der Waals surface area contributed by atoms with Crippen molar-refractivity contribution in [2.45, 2.75) is 58.8 Å². The van der Waals surface area contributed by atoms with Crippen molar-refractivity contribution in [1.82, 2.24) is 14.8 Å². The number of rotatable bonds is 9. The van der Waals surface area contributed by atoms with Crippen molar-refractivity contribution in [2.75, 3.05) is 23.0 Å². The van der Waals surface area contributed by atoms with Crippen LogP contribution in [0, 0.1) is 6.92 Å². The fraction of sp³-hybridized carbons (Fsp3) is 0.370. The van der Waals surface area contributed by atoms with Gasteiger partial charge < -0.3 is 20.1 Å². The molecule has 0 aliphatic carbocycles. The van der Waals surface area contributed by atoms with Gasteiger partial charge in [-0.1, -0.05) is 36.9 Å². The van der Waals surface area contributed by atoms with E-state index in [0.29, 0.717) is 34.8 Å². The lowest BCUT2D eigenvalue weighted by Gasteiger charge is -2.29. The van der Waals surface area contributed by atoms with Gasteiger partial charge in [0.05, 0.1) is 18.3 Å². The van der Waals surface area contributed by atoms with Crippen LogP contribution < -0.4 is 20.1 Å². The molecule has 1 amide bonds. The van der Waals surface area contributed by atoms with Gasteiger partial charge in [-0.2, -0.15) is 4.98 Å². The van der Waals surface area contributed by atoms with E-state index >= 15 is 0 Å². The van der Waals surface area contributed by atoms with E-state index in [9.17, 15) is 4.79 Å². The van der Waals surface area contributed by atoms with Crippen LogP contribution in [0.1, 0.15) is 51.8 Å². The van der Waals surface area contributed by atoms with Crippen molar-refractivity contribution in [2.24, 2.45) is 0 Å². The lowest BCUT2D eigenvalue weighted by molar-refractivity contribution is -0.113. The van der Waals surface area contributed by atoms with E-state index < -0.39 is 6.04 Å². The Hall–Kier alpha value is -3.46. The molecule has 8 nitrogen and oxygen atoms in total. The van der Waals surface area contributed by atoms with Gasteiger partial charge in [0.2, 0.25) is 11.1 Å². The first-order valence-electron chi connectivity index (χ1n) is 12.2. The highest BCUT2D eigenvalue weighted by molar-refractivity contribution is 7.99. The number of nitrogens with zero attached hydrogens (tertiary/aromatic N) is 3. The number of carbonyl (C=O) groups excluding carboxylic acids is 1. The molecule has 1 aliphatic rings. The summed E-state index contributed by atoms with van der Waals surface area (Å²) in [5.74, 6) is 2.53. The van der Waals surface area contributed by atoms with E-state index in [0.717, 1.165) is 28.3 Å². The number of aromatic nitrogens is 3. The summed E-state index contributed by atoms with van der Waals surface area (Å²) in [4.78, 5) is 18.4. The SMILES string of the molecule is CCOc1cc(C2C(C(=O)Nc3cccc(C)c3)=C(C)Nc3nc(SCC)nn32)ccc1OC(C)C. The number of allylic oxidation sites excluding steroid dienone is 1. The Morgan fingerprint density at radius 1 is 1.17 bits per heavy atom. The number of aryl methyl sites for hydroxylation is 1. The number of ether oxygens (including phenoxy) is 2. The van der Waals surface area contributed by atoms with Gasteiger partial charge in [-0.15, -0.1) is 5.10 Å². The maximum atomic E-state index is 13.7. The van der Waals surface area contributed by atoms with Crippen LogP contribution in [0.15, 0.2) is 58.9 Å². The molecule has 2 N–H and O–H groups in total. The zero-order valence-electron chi connectivity index (χ0n) is 21.6. The minimum absolute atomic E-state index is 0.00212. The minimum Gasteiger partial charge on any atom is -0.490 e. The number of hydrogen-bond acceptors (Lipinski definition) is 7. The quantitative estimate of drug-likeness (QED) is 0.353. The molecule has 36 heavy (non-hydrogen) atoms. The van der Waals surface area contributed by atoms with Gasteiger partial charge in [0, 0.05) is 11.4 Å². The molecule has 0 saturated carbocycles. The van der Waals surface area contributed by atoms with Crippen LogP contribution >= 0.6 is 11.8 Å². The molecule has 1 aromatic heterocycles. The highest BCUT2D eigenvalue weighted by Crippen LogP contribution is 2.40. The van der Waals surface area contributed by atoms with Gasteiger partial charge in [-0.3, -0.25) is 4.79 Å². The first kappa shape index (κ1) is 25.6. The van der Waals surface area contributed by atoms with Crippen LogP contribution in [0.4, 0.5) is 11.6 Å². The first-order chi connectivity index (χ1) is 17.3. The number of amides is 1. The van der Waals surface area contributed by atoms with Gasteiger partial charge in [-0.05, 0) is 75.8 Å². The maximum Gasteiger partial charge on any atom is 0.255 e. The van der Waals surface area contributed by atoms with Crippen LogP contribution in [0.3, 0.4) is 0 Å². The fourth-order valence-electron chi connectivity index (χ4n) is 4.16. The van der Waals surface area contributed by atoms with E-state index in [1.165, 1.54) is 0 Å². The van der Waals surface area contributed by atoms with Crippen molar-refractivity contribution in [3.63, 3.8) is 0 Å². The Kier molecular flexibility index (Phi) is 7.88. The molecule has 1 atom stereocenters. The fourth-order valence-corrected chi connectivity index (χ4v) is 4.71. The van der Waals surface area contributed by atoms with Gasteiger partial charge in [0.15, 0.2) is 11.5 Å². The Balaban J connectivity index is 1.81. The van der Waals surface area contributed by atoms with Crippen LogP contribution in [0.5, 0.6) is 11.5 Å². The standard InChI is InChI=1S/C27H33N5O3S/c1-7-34-22-15-19(12-13-21(22)35-16(3)4)24-23(25(33)29-20-11-9-10-17(5)14-20)18(6)28-26-30-27(36-8-2)31-32(24)26/h9-16,24H,7-8H2,1-6H3,(H,29,33)(H,28,30,31). The molecule has 2 heterocycles. The van der Waals surface area contributed by atoms with Crippen LogP contribution in [0.25, 0.3) is 0 Å². The third-order valence-electron chi connectivity index (χ3n) is 5.57. The molecular weight excluding hydrogens is 474 g/mol. The molecule has 0 radical (unpaired) electrons. The monoisotopic (exact) mass is 507 g/mol. The number of fused-ring (bicyclic) bond motifs is 1. The molecule has 0 fully saturated rings. The Labute approximate surface area is 216 Å². The lowest BCUT2D eigenvalue weighted by Crippen LogP contribution is -2.31. The zero-order valence-corrected chi connectivity index (χ0v) is 22.4. The Morgan fingerprint density at radius 3 is 2.67 bits per heavy atom. The van der Waals surface area contributed by atoms with Gasteiger partial charge in [-0.25, -0.2) is 4.68 Å². The summed E-state index contributed by atoms with van der Waals surface area (Å²) in [5.41, 5.74) is 3.93. The van der Waals surface area contributed by atoms with E-state index in [1.807, 2.05) is 77.1 Å². The molecule has 0 saturated heterocycles. The molecule has 4 rings (SSSR count). The summed E-state index contributed by atoms with van der Waals surface area (Å²) in [6.07, 6.45) is 0.00212. The van der Waals surface area contributed by atoms with Crippen molar-refractivity contribution < 1.29 is 14.3 Å². The normalized spacial score (nSPS) is 14.9. The summed E-state index contributed by atoms with van der Waals surface area (Å²) in [7, 11) is 0. The molecule has 0 bridgehead atoms. The summed E-state index contributed by atoms with van der Waals surface area (Å²) in [6.45, 7) is 12.3. The van der Waals surface area contributed by atoms with Crippen molar-refractivity contribution in [3.8, 4) is 11.5 Å². The van der Waals surface area contributed by atoms with Gasteiger partial charge >= 0.3 is 0 Å². The third kappa shape index (κ3) is 5.51. The molecule has 190 valence electrons. The van der Waals surface area contributed by atoms with Gasteiger partial charge in [0.25, 0.3) is 5.91 Å². The number of hydrogen-bond donors (Lipinski definition) is 2. The average Bonchev–Trinajstić information content (AvgIpc) is 3.21. The predicted molar refractivity (Wildman–Crippen MR) is 144 cm³/mol. The van der Waals surface area contributed by atoms with Crippen molar-refractivity contribution in [3.05, 3.63) is 64.9 Å². The summed E-state index contributed by atoms with van der Waals surface area (Å²) >= 11 is 1.55. The number of carbonyl (C=O) groups is 1. The lowest BCUT2D eigenvalue weighted by atomic mass is 9.94. The zero-order chi connectivity index (χ0) is 25.8. The second-order valence-electron chi connectivity index (χ2n) is 8.79. The highest BCUT2D eigenvalue weighted by atomic mass is 32.2. The van der Waals surface area contributed by atoms with Crippen molar-refractivity contribution in [1.29, 1.82) is 0 Å². The Morgan fingerprint density at radius 2 is 1.97 bits per heavy atom. The number of thioether (sulfide) groups is 1. The maximum absolute atomic E-state index is 13.7. The first-order valence-corrected chi connectivity index (χ1v) is 13.2. The molecule has 3 aromatic rings. The summed E-state index contributed by atoms with van der Waals surface area (Å²) in [5, 5.41) is 11.8. The number of anilines is 2. The third-order valence-corrected chi connectivity index (χ3v) is 6.29. The van der Waals surface area contributed by atoms with Crippen LogP contribution in [0.2, 0.25) is 0 Å². The second-order valence-corrected chi connectivity index (χ2v) is 10.0. The number of benzene rings is 2. The van der Waals surface area contributed by atoms with Crippen molar-refractivity contribution >= 4 is 29.3 Å². The van der Waals surface area contributed by atoms with E-state index in [1.54, 1.807) is 16.4 Å². The van der Waals surface area contributed by atoms with E-state index in [-0.39, 0.29) is 12.0 Å². The van der Waals surface area contributed by atoms with E-state index in [4.69, 9.17) is 14.6 Å². The summed E-state index contributed by atoms with van der Waals surface area (Å²) in [6, 6.07) is 13.0. The highest BCUT2D eigenvalue weighted by Gasteiger charge is 2.35. The topological polar surface area (TPSA) is 90.3 Å². The largest absolute Gasteiger partial charge is 0.490 e. The van der Waals surface area contributed by atoms with Crippen LogP contribution in [-0.4, -0.2) is 39.1 Å². The molecule has 1 unspecified atom stereocenters. The van der Waals surface area contributed by atoms with E-state index in [2.05, 4.69) is 22.5 Å². The molecule has 2 aromatic carbocycles. The minimum atomic E-state index is -0.503. The molecule has 1 aliphatic heterocycles. The van der Waals surface area contributed by atoms with Crippen LogP contribution in [-0.2, 0) is 4.79 Å². The second kappa shape index (κ2) is 11.1. The van der Waals surface area contributed by atoms with Gasteiger partial charge in [0.1, 0.15) is 6.04 Å². The number of nitrogens with one attached hydrogen (secondary N) is 2. The molecule has 9 heteroatoms. The molecule has 0 spiro atoms. The predicted octanol–water partition coefficient (Wildman–Crippen LogP) is 5.81.